The van der Waals surface area contributed by atoms with Crippen LogP contribution >= 0.6 is 0 Å². The second-order valence-corrected chi connectivity index (χ2v) is 4.79. The van der Waals surface area contributed by atoms with Crippen LogP contribution in [-0.2, 0) is 13.0 Å². The summed E-state index contributed by atoms with van der Waals surface area (Å²) < 4.78 is 0. The third-order valence-corrected chi connectivity index (χ3v) is 3.27. The highest BCUT2D eigenvalue weighted by atomic mass is 15.1. The van der Waals surface area contributed by atoms with E-state index in [1.807, 2.05) is 0 Å². The molecular formula is C16H28N2. The molecule has 0 saturated carbocycles. The van der Waals surface area contributed by atoms with Crippen LogP contribution in [0.2, 0.25) is 0 Å². The van der Waals surface area contributed by atoms with Crippen molar-refractivity contribution in [1.82, 2.24) is 10.2 Å². The molecule has 0 aliphatic carbocycles. The number of rotatable bonds is 9. The summed E-state index contributed by atoms with van der Waals surface area (Å²) in [5.74, 6) is 0. The van der Waals surface area contributed by atoms with Gasteiger partial charge in [0.25, 0.3) is 0 Å². The van der Waals surface area contributed by atoms with Crippen LogP contribution < -0.4 is 5.32 Å². The normalized spacial score (nSPS) is 11.1. The molecule has 18 heavy (non-hydrogen) atoms. The second kappa shape index (κ2) is 9.12. The van der Waals surface area contributed by atoms with Crippen LogP contribution in [0, 0.1) is 0 Å². The topological polar surface area (TPSA) is 15.3 Å². The van der Waals surface area contributed by atoms with Gasteiger partial charge in [-0.2, -0.15) is 0 Å². The quantitative estimate of drug-likeness (QED) is 0.676. The maximum atomic E-state index is 3.38. The fourth-order valence-corrected chi connectivity index (χ4v) is 2.12. The Bertz CT molecular complexity index is 305. The number of likely N-dealkylation sites (N-methyl/N-ethyl adjacent to an activating group) is 2. The van der Waals surface area contributed by atoms with Crippen molar-refractivity contribution >= 4 is 0 Å². The number of aryl methyl sites for hydroxylation is 1. The molecule has 0 atom stereocenters. The van der Waals surface area contributed by atoms with E-state index in [9.17, 15) is 0 Å². The fourth-order valence-electron chi connectivity index (χ4n) is 2.12. The van der Waals surface area contributed by atoms with Gasteiger partial charge in [0.15, 0.2) is 0 Å². The highest BCUT2D eigenvalue weighted by molar-refractivity contribution is 5.22. The van der Waals surface area contributed by atoms with Crippen molar-refractivity contribution in [2.24, 2.45) is 0 Å². The lowest BCUT2D eigenvalue weighted by Crippen LogP contribution is -2.31. The lowest BCUT2D eigenvalue weighted by atomic mass is 10.1. The van der Waals surface area contributed by atoms with Crippen LogP contribution in [-0.4, -0.2) is 31.1 Å². The van der Waals surface area contributed by atoms with E-state index >= 15 is 0 Å². The predicted molar refractivity (Wildman–Crippen MR) is 79.9 cm³/mol. The van der Waals surface area contributed by atoms with Gasteiger partial charge in [0.05, 0.1) is 0 Å². The molecule has 0 radical (unpaired) electrons. The van der Waals surface area contributed by atoms with Crippen LogP contribution in [0.25, 0.3) is 0 Å². The smallest absolute Gasteiger partial charge is 0.0234 e. The molecule has 2 nitrogen and oxygen atoms in total. The van der Waals surface area contributed by atoms with Crippen molar-refractivity contribution in [1.29, 1.82) is 0 Å². The van der Waals surface area contributed by atoms with Gasteiger partial charge in [-0.05, 0) is 30.6 Å². The minimum absolute atomic E-state index is 1.06. The van der Waals surface area contributed by atoms with E-state index in [0.717, 1.165) is 32.7 Å². The molecular weight excluding hydrogens is 220 g/mol. The zero-order chi connectivity index (χ0) is 13.2. The Hall–Kier alpha value is -0.860. The second-order valence-electron chi connectivity index (χ2n) is 4.79. The summed E-state index contributed by atoms with van der Waals surface area (Å²) in [6.45, 7) is 12.1. The number of hydrogen-bond donors (Lipinski definition) is 1. The molecule has 1 aromatic rings. The van der Waals surface area contributed by atoms with E-state index in [2.05, 4.69) is 55.3 Å². The largest absolute Gasteiger partial charge is 0.316 e. The van der Waals surface area contributed by atoms with Gasteiger partial charge in [0.2, 0.25) is 0 Å². The first-order valence-electron chi connectivity index (χ1n) is 7.31. The Morgan fingerprint density at radius 3 is 2.22 bits per heavy atom. The Labute approximate surface area is 112 Å². The van der Waals surface area contributed by atoms with Crippen molar-refractivity contribution in [2.75, 3.05) is 26.2 Å². The molecule has 0 aromatic heterocycles. The van der Waals surface area contributed by atoms with E-state index in [1.54, 1.807) is 0 Å². The fraction of sp³-hybridized carbons (Fsp3) is 0.625. The molecule has 0 saturated heterocycles. The number of hydrogen-bond acceptors (Lipinski definition) is 2. The molecule has 0 bridgehead atoms. The average molecular weight is 248 g/mol. The number of benzene rings is 1. The summed E-state index contributed by atoms with van der Waals surface area (Å²) >= 11 is 0. The zero-order valence-corrected chi connectivity index (χ0v) is 12.2. The molecule has 0 aliphatic heterocycles. The third-order valence-electron chi connectivity index (χ3n) is 3.27. The Morgan fingerprint density at radius 2 is 1.67 bits per heavy atom. The zero-order valence-electron chi connectivity index (χ0n) is 12.2. The maximum absolute atomic E-state index is 3.38. The van der Waals surface area contributed by atoms with Gasteiger partial charge in [-0.25, -0.2) is 0 Å². The first-order chi connectivity index (χ1) is 8.80. The molecule has 1 aromatic carbocycles. The van der Waals surface area contributed by atoms with Gasteiger partial charge in [0.1, 0.15) is 0 Å². The van der Waals surface area contributed by atoms with Gasteiger partial charge in [-0.3, -0.25) is 4.90 Å². The van der Waals surface area contributed by atoms with E-state index in [0.29, 0.717) is 0 Å². The lowest BCUT2D eigenvalue weighted by Gasteiger charge is -2.20. The van der Waals surface area contributed by atoms with Gasteiger partial charge < -0.3 is 5.32 Å². The van der Waals surface area contributed by atoms with Crippen LogP contribution in [0.1, 0.15) is 38.3 Å². The van der Waals surface area contributed by atoms with Crippen LogP contribution in [0.15, 0.2) is 24.3 Å². The van der Waals surface area contributed by atoms with Gasteiger partial charge in [-0.15, -0.1) is 0 Å². The number of nitrogens with zero attached hydrogens (tertiary/aromatic N) is 1. The Morgan fingerprint density at radius 1 is 1.00 bits per heavy atom. The van der Waals surface area contributed by atoms with Crippen molar-refractivity contribution in [3.63, 3.8) is 0 Å². The Balaban J connectivity index is 2.43. The van der Waals surface area contributed by atoms with E-state index in [1.165, 1.54) is 24.0 Å². The molecule has 0 fully saturated rings. The Kier molecular flexibility index (Phi) is 7.70. The molecule has 0 spiro atoms. The molecule has 1 rings (SSSR count). The molecule has 0 heterocycles. The van der Waals surface area contributed by atoms with Crippen LogP contribution in [0.4, 0.5) is 0 Å². The van der Waals surface area contributed by atoms with E-state index in [4.69, 9.17) is 0 Å². The van der Waals surface area contributed by atoms with Crippen LogP contribution in [0.3, 0.4) is 0 Å². The summed E-state index contributed by atoms with van der Waals surface area (Å²) in [5.41, 5.74) is 2.88. The molecule has 1 N–H and O–H groups in total. The van der Waals surface area contributed by atoms with Gasteiger partial charge in [0, 0.05) is 19.6 Å². The maximum Gasteiger partial charge on any atom is 0.0234 e. The summed E-state index contributed by atoms with van der Waals surface area (Å²) in [6.07, 6.45) is 2.42. The minimum Gasteiger partial charge on any atom is -0.316 e. The molecule has 0 unspecified atom stereocenters. The highest BCUT2D eigenvalue weighted by Crippen LogP contribution is 2.09. The van der Waals surface area contributed by atoms with Crippen LogP contribution in [0.5, 0.6) is 0 Å². The third kappa shape index (κ3) is 5.65. The first kappa shape index (κ1) is 15.2. The molecule has 0 amide bonds. The van der Waals surface area contributed by atoms with Crippen molar-refractivity contribution in [3.05, 3.63) is 35.4 Å². The SMILES string of the molecule is CCCc1ccc(CN(CC)CCNCC)cc1. The summed E-state index contributed by atoms with van der Waals surface area (Å²) in [4.78, 5) is 2.48. The monoisotopic (exact) mass is 248 g/mol. The van der Waals surface area contributed by atoms with Crippen molar-refractivity contribution < 1.29 is 0 Å². The number of nitrogens with one attached hydrogen (secondary N) is 1. The first-order valence-corrected chi connectivity index (χ1v) is 7.31. The summed E-state index contributed by atoms with van der Waals surface area (Å²) in [7, 11) is 0. The standard InChI is InChI=1S/C16H28N2/c1-4-7-15-8-10-16(11-9-15)14-18(6-3)13-12-17-5-2/h8-11,17H,4-7,12-14H2,1-3H3. The lowest BCUT2D eigenvalue weighted by molar-refractivity contribution is 0.280. The van der Waals surface area contributed by atoms with Crippen molar-refractivity contribution in [3.8, 4) is 0 Å². The van der Waals surface area contributed by atoms with Gasteiger partial charge in [-0.1, -0.05) is 51.5 Å². The minimum atomic E-state index is 1.06. The van der Waals surface area contributed by atoms with Gasteiger partial charge >= 0.3 is 0 Å². The summed E-state index contributed by atoms with van der Waals surface area (Å²) in [6, 6.07) is 9.11. The molecule has 102 valence electrons. The van der Waals surface area contributed by atoms with E-state index in [-0.39, 0.29) is 0 Å². The highest BCUT2D eigenvalue weighted by Gasteiger charge is 2.03. The predicted octanol–water partition coefficient (Wildman–Crippen LogP) is 3.07. The summed E-state index contributed by atoms with van der Waals surface area (Å²) in [5, 5.41) is 3.38. The molecule has 0 aliphatic rings. The van der Waals surface area contributed by atoms with Crippen molar-refractivity contribution in [2.45, 2.75) is 40.2 Å². The van der Waals surface area contributed by atoms with E-state index < -0.39 is 0 Å². The molecule has 2 heteroatoms. The average Bonchev–Trinajstić information content (AvgIpc) is 2.40.